The SMILES string of the molecule is COC(CC(OC)c1ccsn1)OC. The lowest BCUT2D eigenvalue weighted by atomic mass is 10.2. The molecule has 0 amide bonds. The maximum atomic E-state index is 5.31. The van der Waals surface area contributed by atoms with Gasteiger partial charge in [-0.1, -0.05) is 0 Å². The summed E-state index contributed by atoms with van der Waals surface area (Å²) in [7, 11) is 4.89. The van der Waals surface area contributed by atoms with Gasteiger partial charge in [0.05, 0.1) is 5.69 Å². The third kappa shape index (κ3) is 3.02. The maximum absolute atomic E-state index is 5.31. The fraction of sp³-hybridized carbons (Fsp3) is 0.667. The largest absolute Gasteiger partial charge is 0.375 e. The average Bonchev–Trinajstić information content (AvgIpc) is 2.73. The number of hydrogen-bond donors (Lipinski definition) is 0. The molecule has 80 valence electrons. The van der Waals surface area contributed by atoms with Gasteiger partial charge in [-0.3, -0.25) is 0 Å². The van der Waals surface area contributed by atoms with E-state index in [0.29, 0.717) is 6.42 Å². The molecule has 0 aliphatic carbocycles. The molecule has 14 heavy (non-hydrogen) atoms. The molecule has 0 radical (unpaired) electrons. The van der Waals surface area contributed by atoms with Crippen LogP contribution >= 0.6 is 11.5 Å². The first kappa shape index (κ1) is 11.6. The predicted octanol–water partition coefficient (Wildman–Crippen LogP) is 1.84. The molecule has 1 aromatic rings. The fourth-order valence-corrected chi connectivity index (χ4v) is 1.75. The van der Waals surface area contributed by atoms with Crippen molar-refractivity contribution in [1.82, 2.24) is 4.37 Å². The van der Waals surface area contributed by atoms with Gasteiger partial charge in [0.2, 0.25) is 0 Å². The van der Waals surface area contributed by atoms with Crippen molar-refractivity contribution in [2.24, 2.45) is 0 Å². The smallest absolute Gasteiger partial charge is 0.159 e. The summed E-state index contributed by atoms with van der Waals surface area (Å²) in [6.07, 6.45) is 0.334. The van der Waals surface area contributed by atoms with Crippen LogP contribution in [0, 0.1) is 0 Å². The van der Waals surface area contributed by atoms with Crippen LogP contribution in [0.1, 0.15) is 18.2 Å². The highest BCUT2D eigenvalue weighted by molar-refractivity contribution is 7.03. The van der Waals surface area contributed by atoms with E-state index in [1.807, 2.05) is 11.4 Å². The number of rotatable bonds is 6. The van der Waals surface area contributed by atoms with E-state index >= 15 is 0 Å². The molecule has 0 aromatic carbocycles. The first-order valence-corrected chi connectivity index (χ1v) is 5.14. The molecule has 1 heterocycles. The summed E-state index contributed by atoms with van der Waals surface area (Å²) in [6.45, 7) is 0. The van der Waals surface area contributed by atoms with Crippen molar-refractivity contribution in [2.45, 2.75) is 18.8 Å². The summed E-state index contributed by atoms with van der Waals surface area (Å²) >= 11 is 1.41. The van der Waals surface area contributed by atoms with Crippen LogP contribution in [0.5, 0.6) is 0 Å². The first-order chi connectivity index (χ1) is 6.81. The van der Waals surface area contributed by atoms with Gasteiger partial charge in [-0.05, 0) is 17.6 Å². The maximum Gasteiger partial charge on any atom is 0.159 e. The second-order valence-corrected chi connectivity index (χ2v) is 3.45. The quantitative estimate of drug-likeness (QED) is 0.682. The Kier molecular flexibility index (Phi) is 5.03. The van der Waals surface area contributed by atoms with Crippen molar-refractivity contribution < 1.29 is 14.2 Å². The van der Waals surface area contributed by atoms with Crippen molar-refractivity contribution in [1.29, 1.82) is 0 Å². The van der Waals surface area contributed by atoms with E-state index in [1.165, 1.54) is 11.5 Å². The molecule has 1 aromatic heterocycles. The molecule has 0 saturated heterocycles. The molecule has 1 rings (SSSR count). The second-order valence-electron chi connectivity index (χ2n) is 2.79. The lowest BCUT2D eigenvalue weighted by molar-refractivity contribution is -0.127. The normalized spacial score (nSPS) is 13.4. The van der Waals surface area contributed by atoms with Gasteiger partial charge in [0, 0.05) is 33.1 Å². The van der Waals surface area contributed by atoms with Gasteiger partial charge < -0.3 is 14.2 Å². The van der Waals surface area contributed by atoms with Crippen LogP contribution in [0.4, 0.5) is 0 Å². The van der Waals surface area contributed by atoms with E-state index in [-0.39, 0.29) is 12.4 Å². The van der Waals surface area contributed by atoms with Crippen LogP contribution in [-0.2, 0) is 14.2 Å². The molecule has 0 saturated carbocycles. The Bertz CT molecular complexity index is 236. The summed E-state index contributed by atoms with van der Waals surface area (Å²) in [4.78, 5) is 0. The standard InChI is InChI=1S/C9H15NO3S/c1-11-8(6-9(12-2)13-3)7-4-5-14-10-7/h4-5,8-9H,6H2,1-3H3. The van der Waals surface area contributed by atoms with Gasteiger partial charge >= 0.3 is 0 Å². The third-order valence-corrected chi connectivity index (χ3v) is 2.58. The highest BCUT2D eigenvalue weighted by Crippen LogP contribution is 2.22. The molecule has 0 aliphatic rings. The second kappa shape index (κ2) is 6.08. The molecular weight excluding hydrogens is 202 g/mol. The number of nitrogens with zero attached hydrogens (tertiary/aromatic N) is 1. The zero-order chi connectivity index (χ0) is 10.4. The molecule has 1 unspecified atom stereocenters. The van der Waals surface area contributed by atoms with Crippen LogP contribution < -0.4 is 0 Å². The zero-order valence-corrected chi connectivity index (χ0v) is 9.41. The Morgan fingerprint density at radius 3 is 2.43 bits per heavy atom. The Hall–Kier alpha value is -0.490. The van der Waals surface area contributed by atoms with Crippen molar-refractivity contribution in [3.8, 4) is 0 Å². The first-order valence-electron chi connectivity index (χ1n) is 4.30. The lowest BCUT2D eigenvalue weighted by Gasteiger charge is -2.18. The minimum absolute atomic E-state index is 0.0638. The highest BCUT2D eigenvalue weighted by atomic mass is 32.1. The number of aromatic nitrogens is 1. The van der Waals surface area contributed by atoms with Crippen LogP contribution in [0.15, 0.2) is 11.4 Å². The van der Waals surface area contributed by atoms with Crippen molar-refractivity contribution >= 4 is 11.5 Å². The summed E-state index contributed by atoms with van der Waals surface area (Å²) < 4.78 is 19.7. The van der Waals surface area contributed by atoms with Gasteiger partial charge in [-0.25, -0.2) is 0 Å². The lowest BCUT2D eigenvalue weighted by Crippen LogP contribution is -2.18. The summed E-state index contributed by atoms with van der Waals surface area (Å²) in [5, 5.41) is 1.93. The molecule has 4 nitrogen and oxygen atoms in total. The van der Waals surface area contributed by atoms with Crippen molar-refractivity contribution in [2.75, 3.05) is 21.3 Å². The van der Waals surface area contributed by atoms with Gasteiger partial charge in [-0.15, -0.1) is 0 Å². The van der Waals surface area contributed by atoms with Gasteiger partial charge in [0.25, 0.3) is 0 Å². The van der Waals surface area contributed by atoms with Crippen LogP contribution in [0.3, 0.4) is 0 Å². The monoisotopic (exact) mass is 217 g/mol. The van der Waals surface area contributed by atoms with Crippen molar-refractivity contribution in [3.05, 3.63) is 17.1 Å². The zero-order valence-electron chi connectivity index (χ0n) is 8.60. The number of ether oxygens (including phenoxy) is 3. The van der Waals surface area contributed by atoms with E-state index in [9.17, 15) is 0 Å². The number of methoxy groups -OCH3 is 3. The molecule has 0 bridgehead atoms. The molecular formula is C9H15NO3S. The topological polar surface area (TPSA) is 40.6 Å². The summed E-state index contributed by atoms with van der Waals surface area (Å²) in [5.41, 5.74) is 0.927. The molecule has 5 heteroatoms. The van der Waals surface area contributed by atoms with Crippen LogP contribution in [0.2, 0.25) is 0 Å². The van der Waals surface area contributed by atoms with Crippen LogP contribution in [0.25, 0.3) is 0 Å². The molecule has 1 atom stereocenters. The third-order valence-electron chi connectivity index (χ3n) is 2.00. The van der Waals surface area contributed by atoms with E-state index in [4.69, 9.17) is 14.2 Å². The van der Waals surface area contributed by atoms with Crippen LogP contribution in [-0.4, -0.2) is 32.0 Å². The average molecular weight is 217 g/mol. The molecule has 0 N–H and O–H groups in total. The van der Waals surface area contributed by atoms with Gasteiger partial charge in [-0.2, -0.15) is 4.37 Å². The van der Waals surface area contributed by atoms with Gasteiger partial charge in [0.15, 0.2) is 6.29 Å². The Morgan fingerprint density at radius 2 is 2.00 bits per heavy atom. The molecule has 0 fully saturated rings. The Balaban J connectivity index is 2.55. The summed E-state index contributed by atoms with van der Waals surface area (Å²) in [5.74, 6) is 0. The van der Waals surface area contributed by atoms with Gasteiger partial charge in [0.1, 0.15) is 6.10 Å². The fourth-order valence-electron chi connectivity index (χ4n) is 1.19. The minimum atomic E-state index is -0.248. The van der Waals surface area contributed by atoms with E-state index < -0.39 is 0 Å². The molecule has 0 spiro atoms. The van der Waals surface area contributed by atoms with E-state index in [1.54, 1.807) is 21.3 Å². The van der Waals surface area contributed by atoms with E-state index in [2.05, 4.69) is 4.37 Å². The predicted molar refractivity (Wildman–Crippen MR) is 54.3 cm³/mol. The Morgan fingerprint density at radius 1 is 1.29 bits per heavy atom. The minimum Gasteiger partial charge on any atom is -0.375 e. The Labute approximate surface area is 88.0 Å². The summed E-state index contributed by atoms with van der Waals surface area (Å²) in [6, 6.07) is 1.95. The van der Waals surface area contributed by atoms with E-state index in [0.717, 1.165) is 5.69 Å². The molecule has 0 aliphatic heterocycles. The highest BCUT2D eigenvalue weighted by Gasteiger charge is 2.18. The number of hydrogen-bond acceptors (Lipinski definition) is 5. The van der Waals surface area contributed by atoms with Crippen molar-refractivity contribution in [3.63, 3.8) is 0 Å².